The molecule has 1 saturated carbocycles. The van der Waals surface area contributed by atoms with Gasteiger partial charge in [0.15, 0.2) is 12.0 Å². The predicted molar refractivity (Wildman–Crippen MR) is 390 cm³/mol. The molecule has 0 aromatic heterocycles. The lowest BCUT2D eigenvalue weighted by atomic mass is 9.78. The second-order valence-corrected chi connectivity index (χ2v) is 31.0. The second-order valence-electron chi connectivity index (χ2n) is 29.8. The van der Waals surface area contributed by atoms with Gasteiger partial charge in [0.2, 0.25) is 23.6 Å². The first-order valence-corrected chi connectivity index (χ1v) is 36.1. The van der Waals surface area contributed by atoms with E-state index >= 15 is 0 Å². The fraction of sp³-hybridized carbons (Fsp3) is 0.649. The summed E-state index contributed by atoms with van der Waals surface area (Å²) in [6.07, 6.45) is 8.75. The molecule has 2 aromatic carbocycles. The summed E-state index contributed by atoms with van der Waals surface area (Å²) in [6, 6.07) is 2.74. The van der Waals surface area contributed by atoms with Crippen LogP contribution in [0.4, 0.5) is 21.0 Å². The zero-order chi connectivity index (χ0) is 76.0. The van der Waals surface area contributed by atoms with Crippen molar-refractivity contribution in [2.45, 2.75) is 249 Å². The predicted octanol–water partition coefficient (Wildman–Crippen LogP) is 8.95. The molecule has 2 aromatic rings. The molecular formula is C74H110ClN9O17S. The Bertz CT molecular complexity index is 3460. The molecular weight excluding hydrogens is 1350 g/mol. The van der Waals surface area contributed by atoms with Crippen LogP contribution in [0.25, 0.3) is 0 Å². The third-order valence-corrected chi connectivity index (χ3v) is 21.8. The Kier molecular flexibility index (Phi) is 29.1. The number of epoxide rings is 1. The molecule has 2 unspecified atom stereocenters. The number of methoxy groups -OCH3 is 2. The number of anilines is 2. The first kappa shape index (κ1) is 83.6. The molecule has 0 radical (unpaired) electrons. The number of alkyl carbamates (subject to hydrolysis) is 1. The number of carbonyl (C=O) groups is 10. The number of aliphatic hydroxyl groups is 1. The number of hydrogen-bond donors (Lipinski definition) is 9. The highest BCUT2D eigenvalue weighted by atomic mass is 35.5. The van der Waals surface area contributed by atoms with E-state index < -0.39 is 137 Å². The number of carbonyl (C=O) groups excluding carboxylic acids is 10. The van der Waals surface area contributed by atoms with Gasteiger partial charge < -0.3 is 80.4 Å². The van der Waals surface area contributed by atoms with Crippen LogP contribution in [0.3, 0.4) is 0 Å². The third kappa shape index (κ3) is 21.0. The number of rotatable bonds is 30. The highest BCUT2D eigenvalue weighted by molar-refractivity contribution is 7.81. The number of amides is 9. The maximum Gasteiger partial charge on any atom is 0.409 e. The van der Waals surface area contributed by atoms with E-state index in [9.17, 15) is 53.1 Å². The van der Waals surface area contributed by atoms with Crippen LogP contribution < -0.4 is 47.3 Å². The van der Waals surface area contributed by atoms with Crippen LogP contribution >= 0.6 is 24.2 Å². The van der Waals surface area contributed by atoms with Crippen LogP contribution in [-0.2, 0) is 58.9 Å². The number of nitrogens with one attached hydrogen (secondary N) is 6. The Morgan fingerprint density at radius 3 is 2.32 bits per heavy atom. The molecule has 9 amide bonds. The number of primary amides is 1. The summed E-state index contributed by atoms with van der Waals surface area (Å²) in [5, 5.41) is 27.9. The van der Waals surface area contributed by atoms with E-state index in [4.69, 9.17) is 58.4 Å². The number of nitrogens with two attached hydrogens (primary N) is 1. The van der Waals surface area contributed by atoms with Gasteiger partial charge in [-0.05, 0) is 133 Å². The van der Waals surface area contributed by atoms with Crippen LogP contribution in [0.5, 0.6) is 5.75 Å². The van der Waals surface area contributed by atoms with E-state index in [2.05, 4.69) is 52.7 Å². The maximum atomic E-state index is 14.6. The van der Waals surface area contributed by atoms with Gasteiger partial charge in [-0.15, -0.1) is 0 Å². The normalized spacial score (nSPS) is 26.6. The summed E-state index contributed by atoms with van der Waals surface area (Å²) in [5.74, 6) is -5.74. The molecule has 6 rings (SSSR count). The topological polar surface area (TPSA) is 354 Å². The van der Waals surface area contributed by atoms with E-state index in [0.717, 1.165) is 54.4 Å². The minimum atomic E-state index is -1.94. The summed E-state index contributed by atoms with van der Waals surface area (Å²) in [6.45, 7) is 20.5. The lowest BCUT2D eigenvalue weighted by Crippen LogP contribution is -2.63. The summed E-state index contributed by atoms with van der Waals surface area (Å²) in [7, 11) is 7.02. The molecule has 102 heavy (non-hydrogen) atoms. The monoisotopic (exact) mass is 1460 g/mol. The van der Waals surface area contributed by atoms with Crippen molar-refractivity contribution >= 4 is 95.4 Å². The number of benzene rings is 2. The van der Waals surface area contributed by atoms with E-state index in [1.165, 1.54) is 65.4 Å². The molecule has 566 valence electrons. The van der Waals surface area contributed by atoms with Gasteiger partial charge in [0.25, 0.3) is 11.8 Å². The van der Waals surface area contributed by atoms with Gasteiger partial charge in [0.05, 0.1) is 42.2 Å². The Labute approximate surface area is 610 Å². The number of halogens is 1. The first-order valence-electron chi connectivity index (χ1n) is 35.3. The standard InChI is InChI=1S/C74H110ClN9O17S/c1-17-18-19-21-32-73(102)41-72(42-85,40-69(73,7)8)101-70(9,10)31-22-20-28-57(86)81-60(43(2)3)64(90)80-51(26-24-33-78-67(76)93)63(89)79-50-30-29-48(37-49(50)62(88)77-12)65(91)83(13)46(6)66(92)99-56-38-58(87)84(14)52-35-47(36-53(96-15)59(52)75)34-44(4)25-23-27-55(97-16)74(95)39-54(98-68(94)82-74)45(5)61-71(56,11)100-61/h23,25,27,29-30,35-37,42-43,45-46,51,54-56,60-61,95,102H,17-22,24,26,28,31-34,38-41H2,1-16H3,(H,77,88)(H,79,89)(H,80,90)(H,81,86)(H,82,94)(H3,76,78,93)/b27-23+,44-25+/t45-,46+,51+,54+,55-,56+,60+,61+,71+,72?,73?,74+/m1/s1. The summed E-state index contributed by atoms with van der Waals surface area (Å²) in [4.78, 5) is 140. The van der Waals surface area contributed by atoms with Crippen molar-refractivity contribution < 1.29 is 81.5 Å². The molecule has 9 N–H and O–H groups in total. The molecule has 3 aliphatic heterocycles. The maximum absolute atomic E-state index is 14.6. The molecule has 26 nitrogen and oxygen atoms in total. The van der Waals surface area contributed by atoms with Crippen LogP contribution in [0, 0.1) is 17.3 Å². The Hall–Kier alpha value is -7.30. The van der Waals surface area contributed by atoms with Crippen molar-refractivity contribution in [3.05, 3.63) is 75.8 Å². The van der Waals surface area contributed by atoms with Crippen molar-refractivity contribution in [3.8, 4) is 5.75 Å². The molecule has 4 bridgehead atoms. The van der Waals surface area contributed by atoms with Gasteiger partial charge in [0.1, 0.15) is 58.4 Å². The number of allylic oxidation sites excluding steroid dienone is 3. The number of urea groups is 1. The lowest BCUT2D eigenvalue weighted by Gasteiger charge is -2.42. The van der Waals surface area contributed by atoms with E-state index in [0.29, 0.717) is 44.2 Å². The van der Waals surface area contributed by atoms with Gasteiger partial charge in [-0.3, -0.25) is 34.1 Å². The molecule has 2 saturated heterocycles. The summed E-state index contributed by atoms with van der Waals surface area (Å²) >= 11 is 12.1. The van der Waals surface area contributed by atoms with Gasteiger partial charge in [-0.2, -0.15) is 12.6 Å². The number of ether oxygens (including phenoxy) is 6. The fourth-order valence-corrected chi connectivity index (χ4v) is 15.0. The van der Waals surface area contributed by atoms with Crippen molar-refractivity contribution in [2.75, 3.05) is 52.1 Å². The minimum Gasteiger partial charge on any atom is -0.495 e. The molecule has 28 heteroatoms. The summed E-state index contributed by atoms with van der Waals surface area (Å²) < 4.78 is 36.0. The van der Waals surface area contributed by atoms with E-state index in [-0.39, 0.29) is 70.0 Å². The number of esters is 1. The number of hydrogen-bond acceptors (Lipinski definition) is 18. The molecule has 12 atom stereocenters. The zero-order valence-corrected chi connectivity index (χ0v) is 63.8. The van der Waals surface area contributed by atoms with Crippen molar-refractivity contribution in [1.29, 1.82) is 0 Å². The van der Waals surface area contributed by atoms with Gasteiger partial charge >= 0.3 is 18.1 Å². The largest absolute Gasteiger partial charge is 0.495 e. The molecule has 3 heterocycles. The Morgan fingerprint density at radius 2 is 1.69 bits per heavy atom. The number of aldehydes is 1. The van der Waals surface area contributed by atoms with Crippen LogP contribution in [-0.4, -0.2) is 182 Å². The zero-order valence-electron chi connectivity index (χ0n) is 62.2. The fourth-order valence-electron chi connectivity index (χ4n) is 14.1. The number of likely N-dealkylation sites (N-methyl/N-ethyl adjacent to an activating group) is 1. The second kappa shape index (κ2) is 35.5. The highest BCUT2D eigenvalue weighted by Crippen LogP contribution is 2.58. The quantitative estimate of drug-likeness (QED) is 0.0116. The third-order valence-electron chi connectivity index (χ3n) is 20.5. The number of unbranched alkanes of at least 4 members (excludes halogenated alkanes) is 4. The Morgan fingerprint density at radius 1 is 0.980 bits per heavy atom. The highest BCUT2D eigenvalue weighted by Gasteiger charge is 2.65. The smallest absolute Gasteiger partial charge is 0.409 e. The number of thiol groups is 1. The van der Waals surface area contributed by atoms with Crippen molar-refractivity contribution in [3.63, 3.8) is 0 Å². The molecule has 0 spiro atoms. The minimum absolute atomic E-state index is 0.0306. The number of nitrogens with zero attached hydrogens (tertiary/aromatic N) is 2. The van der Waals surface area contributed by atoms with Crippen LogP contribution in [0.1, 0.15) is 199 Å². The first-order chi connectivity index (χ1) is 47.8. The van der Waals surface area contributed by atoms with Crippen molar-refractivity contribution in [2.24, 2.45) is 23.0 Å². The average Bonchev–Trinajstić information content (AvgIpc) is 1.57. The number of fused-ring (bicyclic) bond motifs is 5. The van der Waals surface area contributed by atoms with Crippen LogP contribution in [0.15, 0.2) is 54.1 Å². The van der Waals surface area contributed by atoms with E-state index in [1.807, 2.05) is 26.8 Å². The Balaban J connectivity index is 1.17. The van der Waals surface area contributed by atoms with Gasteiger partial charge in [-0.25, -0.2) is 14.4 Å². The van der Waals surface area contributed by atoms with Gasteiger partial charge in [0, 0.05) is 63.9 Å². The molecule has 3 fully saturated rings. The van der Waals surface area contributed by atoms with Crippen LogP contribution in [0.2, 0.25) is 5.02 Å². The average molecular weight is 1470 g/mol. The summed E-state index contributed by atoms with van der Waals surface area (Å²) in [5.41, 5.74) is 1.53. The lowest BCUT2D eigenvalue weighted by molar-refractivity contribution is -0.159. The van der Waals surface area contributed by atoms with Gasteiger partial charge in [-0.1, -0.05) is 109 Å². The van der Waals surface area contributed by atoms with E-state index in [1.54, 1.807) is 52.0 Å². The molecule has 1 aliphatic carbocycles. The SMILES string of the molecule is CCCCCCC1(S)CC(C=O)(OC(C)(C)CCCCC(=O)N[C@H](C(=O)N[C@@H](CCCNC(N)=O)C(=O)Nc2ccc(C(=O)N(C)[C@@H](C)C(=O)O[C@H]3CC(=O)N(C)c4cc(cc(OC)c4Cl)C/C(C)=C/C=C/[C@@H](OC)[C@@]4(O)C[C@H](OC(=O)N4)[C@@H](C)[C@@H]4O[C@@]34C)cc2C(=O)NC)C(C)C)CC1(C)C. The molecule has 4 aliphatic rings. The van der Waals surface area contributed by atoms with Crippen molar-refractivity contribution in [1.82, 2.24) is 31.5 Å².